The molecule has 0 spiro atoms. The summed E-state index contributed by atoms with van der Waals surface area (Å²) in [6.45, 7) is 13.4. The Morgan fingerprint density at radius 2 is 0.972 bits per heavy atom. The Kier molecular flexibility index (Phi) is 24.0. The SMILES string of the molecule is C=CC(=O)OC(CCCCCCCCCCCCCCCCCCC)C(OC(=O)C=C)C(C)CCC. The summed E-state index contributed by atoms with van der Waals surface area (Å²) >= 11 is 0. The monoisotopic (exact) mass is 506 g/mol. The molecule has 0 aromatic heterocycles. The summed E-state index contributed by atoms with van der Waals surface area (Å²) in [6.07, 6.45) is 26.6. The molecule has 0 bridgehead atoms. The first-order valence-electron chi connectivity index (χ1n) is 15.2. The minimum Gasteiger partial charge on any atom is -0.455 e. The largest absolute Gasteiger partial charge is 0.455 e. The minimum absolute atomic E-state index is 0.104. The lowest BCUT2D eigenvalue weighted by Crippen LogP contribution is -2.39. The summed E-state index contributed by atoms with van der Waals surface area (Å²) in [6, 6.07) is 0. The van der Waals surface area contributed by atoms with Gasteiger partial charge in [0.25, 0.3) is 0 Å². The van der Waals surface area contributed by atoms with Crippen molar-refractivity contribution in [3.63, 3.8) is 0 Å². The number of ether oxygens (including phenoxy) is 2. The maximum Gasteiger partial charge on any atom is 0.330 e. The molecule has 210 valence electrons. The van der Waals surface area contributed by atoms with Gasteiger partial charge in [-0.05, 0) is 25.2 Å². The van der Waals surface area contributed by atoms with Gasteiger partial charge in [-0.25, -0.2) is 9.59 Å². The van der Waals surface area contributed by atoms with Crippen molar-refractivity contribution in [1.82, 2.24) is 0 Å². The molecule has 3 unspecified atom stereocenters. The zero-order chi connectivity index (χ0) is 26.9. The van der Waals surface area contributed by atoms with Crippen LogP contribution in [0.25, 0.3) is 0 Å². The van der Waals surface area contributed by atoms with Gasteiger partial charge in [0.2, 0.25) is 0 Å². The molecule has 0 heterocycles. The topological polar surface area (TPSA) is 52.6 Å². The van der Waals surface area contributed by atoms with E-state index < -0.39 is 24.1 Å². The van der Waals surface area contributed by atoms with Crippen LogP contribution in [0.4, 0.5) is 0 Å². The summed E-state index contributed by atoms with van der Waals surface area (Å²) in [4.78, 5) is 23.9. The number of esters is 2. The van der Waals surface area contributed by atoms with Crippen molar-refractivity contribution in [2.45, 2.75) is 161 Å². The zero-order valence-electron chi connectivity index (χ0n) is 24.1. The van der Waals surface area contributed by atoms with E-state index in [1.807, 2.05) is 6.92 Å². The average molecular weight is 507 g/mol. The first-order valence-corrected chi connectivity index (χ1v) is 15.2. The van der Waals surface area contributed by atoms with Gasteiger partial charge < -0.3 is 9.47 Å². The van der Waals surface area contributed by atoms with Gasteiger partial charge in [-0.3, -0.25) is 0 Å². The van der Waals surface area contributed by atoms with Gasteiger partial charge in [-0.1, -0.05) is 143 Å². The summed E-state index contributed by atoms with van der Waals surface area (Å²) in [5.74, 6) is -0.826. The Morgan fingerprint density at radius 1 is 0.583 bits per heavy atom. The lowest BCUT2D eigenvalue weighted by atomic mass is 9.92. The second-order valence-corrected chi connectivity index (χ2v) is 10.5. The van der Waals surface area contributed by atoms with Crippen molar-refractivity contribution in [1.29, 1.82) is 0 Å². The van der Waals surface area contributed by atoms with E-state index in [-0.39, 0.29) is 5.92 Å². The molecular formula is C32H58O4. The molecule has 36 heavy (non-hydrogen) atoms. The number of unbranched alkanes of at least 4 members (excludes halogenated alkanes) is 16. The Morgan fingerprint density at radius 3 is 1.36 bits per heavy atom. The predicted octanol–water partition coefficient (Wildman–Crippen LogP) is 9.66. The molecule has 0 rings (SSSR count). The van der Waals surface area contributed by atoms with Crippen molar-refractivity contribution >= 4 is 11.9 Å². The fourth-order valence-electron chi connectivity index (χ4n) is 4.92. The van der Waals surface area contributed by atoms with E-state index in [0.29, 0.717) is 6.42 Å². The third-order valence-electron chi connectivity index (χ3n) is 7.12. The number of carbonyl (C=O) groups is 2. The highest BCUT2D eigenvalue weighted by molar-refractivity contribution is 5.82. The minimum atomic E-state index is -0.468. The summed E-state index contributed by atoms with van der Waals surface area (Å²) in [5, 5.41) is 0. The lowest BCUT2D eigenvalue weighted by Gasteiger charge is -2.30. The first kappa shape index (κ1) is 34.4. The second-order valence-electron chi connectivity index (χ2n) is 10.5. The molecule has 0 saturated heterocycles. The van der Waals surface area contributed by atoms with Crippen LogP contribution in [0.3, 0.4) is 0 Å². The Labute approximate surface area is 223 Å². The Balaban J connectivity index is 4.07. The molecule has 0 aliphatic heterocycles. The first-order chi connectivity index (χ1) is 17.5. The molecular weight excluding hydrogens is 448 g/mol. The van der Waals surface area contributed by atoms with E-state index in [2.05, 4.69) is 27.0 Å². The summed E-state index contributed by atoms with van der Waals surface area (Å²) < 4.78 is 11.3. The van der Waals surface area contributed by atoms with E-state index >= 15 is 0 Å². The van der Waals surface area contributed by atoms with Gasteiger partial charge in [-0.2, -0.15) is 0 Å². The summed E-state index contributed by atoms with van der Waals surface area (Å²) in [5.41, 5.74) is 0. The van der Waals surface area contributed by atoms with Gasteiger partial charge >= 0.3 is 11.9 Å². The van der Waals surface area contributed by atoms with Gasteiger partial charge in [0.05, 0.1) is 0 Å². The number of rotatable bonds is 26. The van der Waals surface area contributed by atoms with Crippen LogP contribution in [-0.2, 0) is 19.1 Å². The molecule has 0 aromatic rings. The van der Waals surface area contributed by atoms with Gasteiger partial charge in [0, 0.05) is 12.2 Å². The molecule has 4 nitrogen and oxygen atoms in total. The van der Waals surface area contributed by atoms with Crippen molar-refractivity contribution < 1.29 is 19.1 Å². The Bertz CT molecular complexity index is 556. The molecule has 0 amide bonds. The van der Waals surface area contributed by atoms with Crippen LogP contribution in [0.1, 0.15) is 149 Å². The molecule has 4 heteroatoms. The summed E-state index contributed by atoms with van der Waals surface area (Å²) in [7, 11) is 0. The molecule has 0 radical (unpaired) electrons. The average Bonchev–Trinajstić information content (AvgIpc) is 2.88. The van der Waals surface area contributed by atoms with E-state index in [0.717, 1.165) is 25.7 Å². The van der Waals surface area contributed by atoms with Crippen LogP contribution >= 0.6 is 0 Å². The van der Waals surface area contributed by atoms with Crippen molar-refractivity contribution in [3.05, 3.63) is 25.3 Å². The van der Waals surface area contributed by atoms with Crippen LogP contribution in [0.15, 0.2) is 25.3 Å². The molecule has 0 saturated carbocycles. The van der Waals surface area contributed by atoms with Crippen LogP contribution in [-0.4, -0.2) is 24.1 Å². The molecule has 0 fully saturated rings. The van der Waals surface area contributed by atoms with Crippen LogP contribution in [0.2, 0.25) is 0 Å². The molecule has 3 atom stereocenters. The molecule has 0 aromatic carbocycles. The van der Waals surface area contributed by atoms with Gasteiger partial charge in [0.15, 0.2) is 0 Å². The number of carbonyl (C=O) groups excluding carboxylic acids is 2. The highest BCUT2D eigenvalue weighted by Gasteiger charge is 2.31. The number of hydrogen-bond donors (Lipinski definition) is 0. The highest BCUT2D eigenvalue weighted by atomic mass is 16.6. The smallest absolute Gasteiger partial charge is 0.330 e. The van der Waals surface area contributed by atoms with Gasteiger partial charge in [0.1, 0.15) is 12.2 Å². The fraction of sp³-hybridized carbons (Fsp3) is 0.812. The van der Waals surface area contributed by atoms with Crippen LogP contribution in [0.5, 0.6) is 0 Å². The Hall–Kier alpha value is -1.58. The maximum atomic E-state index is 11.9. The fourth-order valence-corrected chi connectivity index (χ4v) is 4.92. The van der Waals surface area contributed by atoms with E-state index in [1.165, 1.54) is 108 Å². The van der Waals surface area contributed by atoms with Crippen molar-refractivity contribution in [3.8, 4) is 0 Å². The third-order valence-corrected chi connectivity index (χ3v) is 7.12. The van der Waals surface area contributed by atoms with E-state index in [4.69, 9.17) is 9.47 Å². The molecule has 0 aliphatic rings. The standard InChI is InChI=1S/C32H58O4/c1-6-10-11-12-13-14-15-16-17-18-19-20-21-22-23-24-25-27-29(35-30(33)8-3)32(28(5)26-7-2)36-31(34)9-4/h8-9,28-29,32H,3-4,6-7,10-27H2,1-2,5H3. The predicted molar refractivity (Wildman–Crippen MR) is 153 cm³/mol. The van der Waals surface area contributed by atoms with Crippen LogP contribution in [0, 0.1) is 5.92 Å². The highest BCUT2D eigenvalue weighted by Crippen LogP contribution is 2.24. The van der Waals surface area contributed by atoms with E-state index in [9.17, 15) is 9.59 Å². The van der Waals surface area contributed by atoms with E-state index in [1.54, 1.807) is 0 Å². The molecule has 0 N–H and O–H groups in total. The normalized spacial score (nSPS) is 13.5. The number of hydrogen-bond acceptors (Lipinski definition) is 4. The quantitative estimate of drug-likeness (QED) is 0.0665. The third kappa shape index (κ3) is 19.6. The molecule has 0 aliphatic carbocycles. The zero-order valence-corrected chi connectivity index (χ0v) is 24.1. The lowest BCUT2D eigenvalue weighted by molar-refractivity contribution is -0.166. The van der Waals surface area contributed by atoms with Gasteiger partial charge in [-0.15, -0.1) is 0 Å². The van der Waals surface area contributed by atoms with Crippen LogP contribution < -0.4 is 0 Å². The van der Waals surface area contributed by atoms with Crippen molar-refractivity contribution in [2.75, 3.05) is 0 Å². The maximum absolute atomic E-state index is 11.9. The second kappa shape index (κ2) is 25.1. The van der Waals surface area contributed by atoms with Crippen molar-refractivity contribution in [2.24, 2.45) is 5.92 Å².